The lowest BCUT2D eigenvalue weighted by molar-refractivity contribution is 0.171. The molecular weight excluding hydrogens is 332 g/mol. The number of aliphatic hydroxyl groups is 1. The third kappa shape index (κ3) is 3.36. The van der Waals surface area contributed by atoms with Gasteiger partial charge in [0, 0.05) is 11.6 Å². The molecule has 4 nitrogen and oxygen atoms in total. The number of rotatable bonds is 5. The normalized spacial score (nSPS) is 12.6. The van der Waals surface area contributed by atoms with Crippen LogP contribution in [0.2, 0.25) is 5.02 Å². The fraction of sp³-hybridized carbons (Fsp3) is 0.308. The second kappa shape index (κ2) is 6.52. The van der Waals surface area contributed by atoms with Crippen LogP contribution in [0.5, 0.6) is 0 Å². The van der Waals surface area contributed by atoms with E-state index in [0.717, 1.165) is 10.0 Å². The first-order valence-electron chi connectivity index (χ1n) is 5.77. The van der Waals surface area contributed by atoms with Gasteiger partial charge in [0.2, 0.25) is 0 Å². The predicted molar refractivity (Wildman–Crippen MR) is 77.3 cm³/mol. The zero-order chi connectivity index (χ0) is 13.8. The van der Waals surface area contributed by atoms with Crippen LogP contribution in [0, 0.1) is 0 Å². The Hall–Kier alpha value is -0.880. The number of aliphatic hydroxyl groups excluding tert-OH is 1. The average Bonchev–Trinajstić information content (AvgIpc) is 2.76. The minimum absolute atomic E-state index is 0.448. The van der Waals surface area contributed by atoms with Crippen molar-refractivity contribution in [3.8, 4) is 0 Å². The Morgan fingerprint density at radius 2 is 2.32 bits per heavy atom. The summed E-state index contributed by atoms with van der Waals surface area (Å²) >= 11 is 9.50. The second-order valence-electron chi connectivity index (χ2n) is 4.05. The smallest absolute Gasteiger partial charge is 0.122 e. The summed E-state index contributed by atoms with van der Waals surface area (Å²) in [5, 5.41) is 15.1. The molecule has 1 aromatic heterocycles. The van der Waals surface area contributed by atoms with E-state index in [1.165, 1.54) is 6.20 Å². The highest BCUT2D eigenvalue weighted by molar-refractivity contribution is 9.10. The van der Waals surface area contributed by atoms with Gasteiger partial charge < -0.3 is 9.84 Å². The number of benzene rings is 1. The molecule has 2 aromatic rings. The van der Waals surface area contributed by atoms with Crippen LogP contribution >= 0.6 is 27.5 Å². The van der Waals surface area contributed by atoms with E-state index in [2.05, 4.69) is 21.0 Å². The van der Waals surface area contributed by atoms with Crippen molar-refractivity contribution >= 4 is 27.5 Å². The van der Waals surface area contributed by atoms with Gasteiger partial charge in [0.05, 0.1) is 30.1 Å². The van der Waals surface area contributed by atoms with Crippen molar-refractivity contribution in [2.75, 3.05) is 13.7 Å². The van der Waals surface area contributed by atoms with Crippen molar-refractivity contribution in [3.63, 3.8) is 0 Å². The molecule has 0 radical (unpaired) electrons. The van der Waals surface area contributed by atoms with Crippen molar-refractivity contribution < 1.29 is 9.84 Å². The van der Waals surface area contributed by atoms with Crippen molar-refractivity contribution in [3.05, 3.63) is 51.2 Å². The molecule has 6 heteroatoms. The minimum Gasteiger partial charge on any atom is -0.383 e. The van der Waals surface area contributed by atoms with E-state index in [1.54, 1.807) is 11.8 Å². The molecule has 1 heterocycles. The molecular formula is C13H14BrClN2O2. The Kier molecular flexibility index (Phi) is 4.99. The zero-order valence-corrected chi connectivity index (χ0v) is 12.7. The zero-order valence-electron chi connectivity index (χ0n) is 10.4. The molecule has 0 spiro atoms. The maximum absolute atomic E-state index is 10.5. The lowest BCUT2D eigenvalue weighted by Crippen LogP contribution is -2.13. The van der Waals surface area contributed by atoms with Gasteiger partial charge in [-0.15, -0.1) is 0 Å². The molecule has 1 atom stereocenters. The van der Waals surface area contributed by atoms with Gasteiger partial charge in [-0.2, -0.15) is 5.10 Å². The highest BCUT2D eigenvalue weighted by Crippen LogP contribution is 2.29. The first-order valence-corrected chi connectivity index (χ1v) is 6.94. The van der Waals surface area contributed by atoms with E-state index in [-0.39, 0.29) is 0 Å². The van der Waals surface area contributed by atoms with E-state index < -0.39 is 6.10 Å². The summed E-state index contributed by atoms with van der Waals surface area (Å²) in [7, 11) is 1.62. The molecule has 0 aliphatic rings. The largest absolute Gasteiger partial charge is 0.383 e. The molecule has 102 valence electrons. The molecule has 2 rings (SSSR count). The third-order valence-corrected chi connectivity index (χ3v) is 3.55. The summed E-state index contributed by atoms with van der Waals surface area (Å²) in [6.45, 7) is 1.06. The summed E-state index contributed by atoms with van der Waals surface area (Å²) in [6, 6.07) is 7.47. The quantitative estimate of drug-likeness (QED) is 0.906. The van der Waals surface area contributed by atoms with Gasteiger partial charge in [-0.3, -0.25) is 4.68 Å². The number of nitrogens with zero attached hydrogens (tertiary/aromatic N) is 2. The van der Waals surface area contributed by atoms with E-state index in [1.807, 2.05) is 24.3 Å². The second-order valence-corrected chi connectivity index (χ2v) is 5.37. The van der Waals surface area contributed by atoms with Gasteiger partial charge in [0.15, 0.2) is 0 Å². The molecule has 0 aliphatic carbocycles. The van der Waals surface area contributed by atoms with Crippen molar-refractivity contribution in [1.82, 2.24) is 9.78 Å². The van der Waals surface area contributed by atoms with Crippen molar-refractivity contribution in [1.29, 1.82) is 0 Å². The van der Waals surface area contributed by atoms with Crippen molar-refractivity contribution in [2.24, 2.45) is 0 Å². The summed E-state index contributed by atoms with van der Waals surface area (Å²) in [6.07, 6.45) is 0.720. The van der Waals surface area contributed by atoms with Gasteiger partial charge in [0.25, 0.3) is 0 Å². The van der Waals surface area contributed by atoms with Gasteiger partial charge in [0.1, 0.15) is 6.10 Å². The van der Waals surface area contributed by atoms with E-state index >= 15 is 0 Å². The van der Waals surface area contributed by atoms with Crippen LogP contribution in [0.1, 0.15) is 17.4 Å². The Labute approximate surface area is 125 Å². The van der Waals surface area contributed by atoms with Gasteiger partial charge >= 0.3 is 0 Å². The van der Waals surface area contributed by atoms with E-state index in [4.69, 9.17) is 16.3 Å². The van der Waals surface area contributed by atoms with Gasteiger partial charge in [-0.05, 0) is 17.7 Å². The highest BCUT2D eigenvalue weighted by atomic mass is 79.9. The molecule has 0 amide bonds. The fourth-order valence-corrected chi connectivity index (χ4v) is 2.50. The minimum atomic E-state index is -0.815. The first kappa shape index (κ1) is 14.5. The first-order chi connectivity index (χ1) is 9.13. The van der Waals surface area contributed by atoms with Crippen LogP contribution in [0.25, 0.3) is 0 Å². The molecule has 1 aromatic carbocycles. The monoisotopic (exact) mass is 344 g/mol. The molecule has 0 fully saturated rings. The lowest BCUT2D eigenvalue weighted by Gasteiger charge is -2.14. The van der Waals surface area contributed by atoms with Crippen LogP contribution < -0.4 is 0 Å². The lowest BCUT2D eigenvalue weighted by atomic mass is 10.1. The molecule has 19 heavy (non-hydrogen) atoms. The molecule has 0 saturated carbocycles. The molecule has 1 N–H and O–H groups in total. The number of ether oxygens (including phenoxy) is 1. The van der Waals surface area contributed by atoms with Crippen LogP contribution in [-0.4, -0.2) is 28.6 Å². The molecule has 0 bridgehead atoms. The summed E-state index contributed by atoms with van der Waals surface area (Å²) in [4.78, 5) is 0. The number of aromatic nitrogens is 2. The number of hydrogen-bond acceptors (Lipinski definition) is 3. The molecule has 0 saturated heterocycles. The maximum Gasteiger partial charge on any atom is 0.122 e. The maximum atomic E-state index is 10.5. The van der Waals surface area contributed by atoms with Crippen molar-refractivity contribution in [2.45, 2.75) is 12.6 Å². The van der Waals surface area contributed by atoms with Crippen LogP contribution in [-0.2, 0) is 11.3 Å². The fourth-order valence-electron chi connectivity index (χ4n) is 1.83. The Bertz CT molecular complexity index is 559. The summed E-state index contributed by atoms with van der Waals surface area (Å²) < 4.78 is 7.59. The molecule has 1 unspecified atom stereocenters. The van der Waals surface area contributed by atoms with Crippen LogP contribution in [0.3, 0.4) is 0 Å². The molecule has 0 aliphatic heterocycles. The van der Waals surface area contributed by atoms with Crippen LogP contribution in [0.15, 0.2) is 34.9 Å². The highest BCUT2D eigenvalue weighted by Gasteiger charge is 2.19. The van der Waals surface area contributed by atoms with E-state index in [9.17, 15) is 5.11 Å². The van der Waals surface area contributed by atoms with Gasteiger partial charge in [-0.1, -0.05) is 39.7 Å². The number of halogens is 2. The predicted octanol–water partition coefficient (Wildman–Crippen LogP) is 3.03. The average molecular weight is 346 g/mol. The topological polar surface area (TPSA) is 47.3 Å². The standard InChI is InChI=1S/C13H14BrClN2O2/c1-19-6-5-17-12(11(15)8-16-17)13(18)9-3-2-4-10(14)7-9/h2-4,7-8,13,18H,5-6H2,1H3. The summed E-state index contributed by atoms with van der Waals surface area (Å²) in [5.41, 5.74) is 1.34. The van der Waals surface area contributed by atoms with Crippen LogP contribution in [0.4, 0.5) is 0 Å². The SMILES string of the molecule is COCCn1ncc(Cl)c1C(O)c1cccc(Br)c1. The number of methoxy groups -OCH3 is 1. The third-order valence-electron chi connectivity index (χ3n) is 2.76. The summed E-state index contributed by atoms with van der Waals surface area (Å²) in [5.74, 6) is 0. The van der Waals surface area contributed by atoms with E-state index in [0.29, 0.717) is 23.9 Å². The Morgan fingerprint density at radius 3 is 3.00 bits per heavy atom. The number of hydrogen-bond donors (Lipinski definition) is 1. The Morgan fingerprint density at radius 1 is 1.53 bits per heavy atom. The van der Waals surface area contributed by atoms with Gasteiger partial charge in [-0.25, -0.2) is 0 Å². The Balaban J connectivity index is 2.32.